The lowest BCUT2D eigenvalue weighted by atomic mass is 10.2. The van der Waals surface area contributed by atoms with Gasteiger partial charge in [-0.3, -0.25) is 0 Å². The van der Waals surface area contributed by atoms with E-state index in [1.807, 2.05) is 0 Å². The van der Waals surface area contributed by atoms with Crippen molar-refractivity contribution in [3.63, 3.8) is 0 Å². The summed E-state index contributed by atoms with van der Waals surface area (Å²) in [5.74, 6) is 0.0364. The molecule has 2 nitrogen and oxygen atoms in total. The van der Waals surface area contributed by atoms with Crippen LogP contribution in [0.4, 0.5) is 0 Å². The van der Waals surface area contributed by atoms with Crippen molar-refractivity contribution < 1.29 is 9.84 Å². The Kier molecular flexibility index (Phi) is 2.89. The summed E-state index contributed by atoms with van der Waals surface area (Å²) in [7, 11) is 1.45. The zero-order valence-corrected chi connectivity index (χ0v) is 7.95. The lowest BCUT2D eigenvalue weighted by Crippen LogP contribution is -1.99. The highest BCUT2D eigenvalue weighted by Gasteiger charge is 2.06. The van der Waals surface area contributed by atoms with Crippen molar-refractivity contribution >= 4 is 28.9 Å². The quantitative estimate of drug-likeness (QED) is 0.709. The Morgan fingerprint density at radius 2 is 2.25 bits per heavy atom. The number of phenolic OH excluding ortho intramolecular Hbond substituents is 1. The van der Waals surface area contributed by atoms with E-state index in [4.69, 9.17) is 28.6 Å². The summed E-state index contributed by atoms with van der Waals surface area (Å²) in [5, 5.41) is 10.1. The Balaban J connectivity index is 3.09. The zero-order valence-electron chi connectivity index (χ0n) is 6.37. The Morgan fingerprint density at radius 1 is 1.58 bits per heavy atom. The Bertz CT molecular complexity index is 312. The van der Waals surface area contributed by atoms with E-state index >= 15 is 0 Å². The second-order valence-electron chi connectivity index (χ2n) is 2.15. The fraction of sp³-hybridized carbons (Fsp3) is 0.125. The average Bonchev–Trinajstić information content (AvgIpc) is 2.03. The van der Waals surface area contributed by atoms with Crippen LogP contribution in [0.15, 0.2) is 18.2 Å². The predicted octanol–water partition coefficient (Wildman–Crippen LogP) is 2.37. The second-order valence-corrected chi connectivity index (χ2v) is 2.96. The molecule has 0 spiro atoms. The number of aromatic hydroxyl groups is 1. The molecule has 0 amide bonds. The molecule has 0 heterocycles. The molecular formula is C8H7ClO2S. The molecule has 64 valence electrons. The van der Waals surface area contributed by atoms with Crippen LogP contribution in [0.3, 0.4) is 0 Å². The van der Waals surface area contributed by atoms with Crippen molar-refractivity contribution in [2.75, 3.05) is 7.11 Å². The third kappa shape index (κ3) is 1.87. The van der Waals surface area contributed by atoms with Gasteiger partial charge in [0.15, 0.2) is 5.05 Å². The fourth-order valence-corrected chi connectivity index (χ4v) is 1.13. The first-order valence-electron chi connectivity index (χ1n) is 3.22. The van der Waals surface area contributed by atoms with Gasteiger partial charge in [-0.05, 0) is 30.4 Å². The second kappa shape index (κ2) is 3.74. The third-order valence-electron chi connectivity index (χ3n) is 1.37. The van der Waals surface area contributed by atoms with Crippen LogP contribution in [0.1, 0.15) is 5.56 Å². The predicted molar refractivity (Wildman–Crippen MR) is 51.8 cm³/mol. The number of hydrogen-bond donors (Lipinski definition) is 1. The molecule has 4 heteroatoms. The van der Waals surface area contributed by atoms with E-state index in [0.29, 0.717) is 10.6 Å². The number of methoxy groups -OCH3 is 1. The molecule has 1 aromatic rings. The number of thiocarbonyl (C=S) groups is 1. The van der Waals surface area contributed by atoms with Gasteiger partial charge >= 0.3 is 0 Å². The maximum Gasteiger partial charge on any atom is 0.194 e. The van der Waals surface area contributed by atoms with E-state index < -0.39 is 0 Å². The molecule has 1 rings (SSSR count). The maximum atomic E-state index is 9.34. The van der Waals surface area contributed by atoms with Crippen molar-refractivity contribution in [1.82, 2.24) is 0 Å². The van der Waals surface area contributed by atoms with E-state index in [0.717, 1.165) is 0 Å². The number of benzene rings is 1. The summed E-state index contributed by atoms with van der Waals surface area (Å²) >= 11 is 10.4. The van der Waals surface area contributed by atoms with Crippen molar-refractivity contribution in [2.24, 2.45) is 0 Å². The van der Waals surface area contributed by atoms with Crippen LogP contribution in [0.25, 0.3) is 0 Å². The van der Waals surface area contributed by atoms with Crippen molar-refractivity contribution in [2.45, 2.75) is 0 Å². The lowest BCUT2D eigenvalue weighted by Gasteiger charge is -2.04. The first-order valence-corrected chi connectivity index (χ1v) is 4.00. The van der Waals surface area contributed by atoms with Crippen LogP contribution in [-0.2, 0) is 4.74 Å². The van der Waals surface area contributed by atoms with E-state index in [9.17, 15) is 5.11 Å². The molecule has 0 radical (unpaired) electrons. The van der Waals surface area contributed by atoms with Gasteiger partial charge in [-0.15, -0.1) is 0 Å². The third-order valence-corrected chi connectivity index (χ3v) is 1.99. The van der Waals surface area contributed by atoms with E-state index in [-0.39, 0.29) is 10.8 Å². The summed E-state index contributed by atoms with van der Waals surface area (Å²) < 4.78 is 4.79. The van der Waals surface area contributed by atoms with Gasteiger partial charge in [0.1, 0.15) is 5.75 Å². The summed E-state index contributed by atoms with van der Waals surface area (Å²) in [6, 6.07) is 4.67. The molecule has 12 heavy (non-hydrogen) atoms. The molecule has 0 fully saturated rings. The van der Waals surface area contributed by atoms with Crippen LogP contribution < -0.4 is 0 Å². The Morgan fingerprint density at radius 3 is 2.75 bits per heavy atom. The minimum absolute atomic E-state index is 0.0364. The SMILES string of the molecule is COC(=S)c1ccc(Cl)cc1O. The molecule has 0 atom stereocenters. The molecule has 1 aromatic carbocycles. The number of hydrogen-bond acceptors (Lipinski definition) is 3. The monoisotopic (exact) mass is 202 g/mol. The molecule has 1 N–H and O–H groups in total. The van der Waals surface area contributed by atoms with E-state index in [2.05, 4.69) is 0 Å². The van der Waals surface area contributed by atoms with Gasteiger partial charge in [0, 0.05) is 5.02 Å². The Labute approximate surface area is 80.7 Å². The molecular weight excluding hydrogens is 196 g/mol. The van der Waals surface area contributed by atoms with Crippen LogP contribution in [0.5, 0.6) is 5.75 Å². The largest absolute Gasteiger partial charge is 0.507 e. The fourth-order valence-electron chi connectivity index (χ4n) is 0.787. The standard InChI is InChI=1S/C8H7ClO2S/c1-11-8(12)6-3-2-5(9)4-7(6)10/h2-4,10H,1H3. The molecule has 0 saturated heterocycles. The van der Waals surface area contributed by atoms with Gasteiger partial charge in [-0.2, -0.15) is 0 Å². The summed E-state index contributed by atoms with van der Waals surface area (Å²) in [4.78, 5) is 0. The van der Waals surface area contributed by atoms with Crippen molar-refractivity contribution in [1.29, 1.82) is 0 Å². The highest BCUT2D eigenvalue weighted by molar-refractivity contribution is 7.80. The highest BCUT2D eigenvalue weighted by atomic mass is 35.5. The zero-order chi connectivity index (χ0) is 9.14. The highest BCUT2D eigenvalue weighted by Crippen LogP contribution is 2.22. The van der Waals surface area contributed by atoms with Crippen LogP contribution in [-0.4, -0.2) is 17.3 Å². The van der Waals surface area contributed by atoms with Crippen molar-refractivity contribution in [3.05, 3.63) is 28.8 Å². The first kappa shape index (κ1) is 9.29. The molecule has 0 aromatic heterocycles. The number of ether oxygens (including phenoxy) is 1. The summed E-state index contributed by atoms with van der Waals surface area (Å²) in [6.07, 6.45) is 0. The van der Waals surface area contributed by atoms with Crippen molar-refractivity contribution in [3.8, 4) is 5.75 Å². The normalized spacial score (nSPS) is 9.50. The van der Waals surface area contributed by atoms with Gasteiger partial charge in [0.25, 0.3) is 0 Å². The van der Waals surface area contributed by atoms with Gasteiger partial charge in [0.05, 0.1) is 12.7 Å². The van der Waals surface area contributed by atoms with Crippen LogP contribution in [0.2, 0.25) is 5.02 Å². The minimum atomic E-state index is 0.0364. The first-order chi connectivity index (χ1) is 5.65. The molecule has 0 unspecified atom stereocenters. The van der Waals surface area contributed by atoms with Gasteiger partial charge in [0.2, 0.25) is 0 Å². The number of phenols is 1. The maximum absolute atomic E-state index is 9.34. The Hall–Kier alpha value is -0.800. The molecule has 0 aliphatic heterocycles. The van der Waals surface area contributed by atoms with Gasteiger partial charge in [-0.1, -0.05) is 11.6 Å². The van der Waals surface area contributed by atoms with E-state index in [1.54, 1.807) is 12.1 Å². The van der Waals surface area contributed by atoms with Crippen LogP contribution >= 0.6 is 23.8 Å². The smallest absolute Gasteiger partial charge is 0.194 e. The summed E-state index contributed by atoms with van der Waals surface area (Å²) in [6.45, 7) is 0. The van der Waals surface area contributed by atoms with Gasteiger partial charge < -0.3 is 9.84 Å². The topological polar surface area (TPSA) is 29.5 Å². The molecule has 0 aliphatic rings. The minimum Gasteiger partial charge on any atom is -0.507 e. The number of halogens is 1. The molecule has 0 bridgehead atoms. The van der Waals surface area contributed by atoms with Gasteiger partial charge in [-0.25, -0.2) is 0 Å². The molecule has 0 saturated carbocycles. The molecule has 0 aliphatic carbocycles. The summed E-state index contributed by atoms with van der Waals surface area (Å²) in [5.41, 5.74) is 0.483. The average molecular weight is 203 g/mol. The lowest BCUT2D eigenvalue weighted by molar-refractivity contribution is 0.410. The van der Waals surface area contributed by atoms with E-state index in [1.165, 1.54) is 13.2 Å². The number of rotatable bonds is 1. The van der Waals surface area contributed by atoms with Crippen LogP contribution in [0, 0.1) is 0 Å².